The Labute approximate surface area is 203 Å². The van der Waals surface area contributed by atoms with Gasteiger partial charge in [-0.1, -0.05) is 12.1 Å². The van der Waals surface area contributed by atoms with Crippen LogP contribution < -0.4 is 5.56 Å². The second-order valence-electron chi connectivity index (χ2n) is 8.64. The molecule has 0 bridgehead atoms. The second kappa shape index (κ2) is 9.50. The van der Waals surface area contributed by atoms with E-state index in [2.05, 4.69) is 14.5 Å². The fraction of sp³-hybridized carbons (Fsp3) is 0.375. The Hall–Kier alpha value is -3.12. The van der Waals surface area contributed by atoms with Crippen LogP contribution in [0.1, 0.15) is 18.6 Å². The molecule has 0 amide bonds. The number of morpholine rings is 1. The van der Waals surface area contributed by atoms with E-state index >= 15 is 0 Å². The van der Waals surface area contributed by atoms with Gasteiger partial charge in [-0.3, -0.25) is 9.69 Å². The minimum absolute atomic E-state index is 0.159. The summed E-state index contributed by atoms with van der Waals surface area (Å²) in [7, 11) is -1.66. The van der Waals surface area contributed by atoms with E-state index in [1.807, 2.05) is 43.1 Å². The average Bonchev–Trinajstić information content (AvgIpc) is 3.20. The first-order chi connectivity index (χ1) is 16.9. The molecule has 0 radical (unpaired) electrons. The van der Waals surface area contributed by atoms with Crippen molar-refractivity contribution in [2.75, 3.05) is 33.4 Å². The van der Waals surface area contributed by atoms with E-state index in [4.69, 9.17) is 9.72 Å². The first-order valence-electron chi connectivity index (χ1n) is 11.6. The molecule has 35 heavy (non-hydrogen) atoms. The van der Waals surface area contributed by atoms with Crippen LogP contribution in [0.25, 0.3) is 21.9 Å². The van der Waals surface area contributed by atoms with Crippen molar-refractivity contribution in [2.24, 2.45) is 0 Å². The van der Waals surface area contributed by atoms with Crippen molar-refractivity contribution >= 4 is 32.0 Å². The number of hydrogen-bond acceptors (Lipinski definition) is 7. The number of imidazole rings is 1. The smallest absolute Gasteiger partial charge is 0.258 e. The van der Waals surface area contributed by atoms with Crippen LogP contribution in [0.3, 0.4) is 0 Å². The summed E-state index contributed by atoms with van der Waals surface area (Å²) in [6, 6.07) is 12.4. The number of H-pyrrole nitrogens is 1. The van der Waals surface area contributed by atoms with Crippen LogP contribution in [0.5, 0.6) is 0 Å². The zero-order valence-electron chi connectivity index (χ0n) is 19.8. The summed E-state index contributed by atoms with van der Waals surface area (Å²) in [6.07, 6.45) is 0. The lowest BCUT2D eigenvalue weighted by molar-refractivity contribution is 0.0730. The standard InChI is InChI=1S/C24H28N6O4S/c1-3-30-21-9-8-17(35(32,33)29-10-12-34-13-11-29)14-20(21)26-23(30)16-28(2)15-22-25-19-7-5-4-6-18(19)24(31)27-22/h4-9,14H,3,10-13,15-16H2,1-2H3,(H,25,27,31). The van der Waals surface area contributed by atoms with Gasteiger partial charge in [-0.2, -0.15) is 4.31 Å². The highest BCUT2D eigenvalue weighted by atomic mass is 32.2. The normalized spacial score (nSPS) is 15.4. The third-order valence-electron chi connectivity index (χ3n) is 6.22. The Morgan fingerprint density at radius 1 is 1.06 bits per heavy atom. The van der Waals surface area contributed by atoms with Gasteiger partial charge in [-0.05, 0) is 44.3 Å². The van der Waals surface area contributed by atoms with Crippen molar-refractivity contribution in [1.82, 2.24) is 28.7 Å². The predicted molar refractivity (Wildman–Crippen MR) is 133 cm³/mol. The molecule has 0 atom stereocenters. The van der Waals surface area contributed by atoms with Crippen LogP contribution in [0.4, 0.5) is 0 Å². The minimum Gasteiger partial charge on any atom is -0.379 e. The Morgan fingerprint density at radius 3 is 2.60 bits per heavy atom. The Balaban J connectivity index is 1.40. The number of aromatic amines is 1. The Kier molecular flexibility index (Phi) is 6.41. The molecule has 2 aromatic heterocycles. The Bertz CT molecular complexity index is 1540. The molecule has 1 saturated heterocycles. The van der Waals surface area contributed by atoms with Crippen LogP contribution in [0.2, 0.25) is 0 Å². The molecule has 1 fully saturated rings. The van der Waals surface area contributed by atoms with E-state index in [-0.39, 0.29) is 10.5 Å². The maximum atomic E-state index is 13.1. The fourth-order valence-electron chi connectivity index (χ4n) is 4.49. The molecule has 0 saturated carbocycles. The van der Waals surface area contributed by atoms with E-state index in [0.717, 1.165) is 11.3 Å². The first-order valence-corrected chi connectivity index (χ1v) is 13.0. The summed E-state index contributed by atoms with van der Waals surface area (Å²) < 4.78 is 35.0. The molecule has 10 nitrogen and oxygen atoms in total. The lowest BCUT2D eigenvalue weighted by atomic mass is 10.2. The minimum atomic E-state index is -3.60. The van der Waals surface area contributed by atoms with Gasteiger partial charge in [-0.15, -0.1) is 0 Å². The van der Waals surface area contributed by atoms with Crippen LogP contribution >= 0.6 is 0 Å². The third kappa shape index (κ3) is 4.59. The number of rotatable bonds is 7. The van der Waals surface area contributed by atoms with Gasteiger partial charge in [-0.25, -0.2) is 18.4 Å². The molecular weight excluding hydrogens is 468 g/mol. The Morgan fingerprint density at radius 2 is 1.83 bits per heavy atom. The van der Waals surface area contributed by atoms with Crippen molar-refractivity contribution in [3.05, 3.63) is 64.5 Å². The number of aromatic nitrogens is 4. The van der Waals surface area contributed by atoms with Crippen molar-refractivity contribution in [3.8, 4) is 0 Å². The molecular formula is C24H28N6O4S. The fourth-order valence-corrected chi connectivity index (χ4v) is 5.92. The quantitative estimate of drug-likeness (QED) is 0.416. The van der Waals surface area contributed by atoms with E-state index < -0.39 is 10.0 Å². The van der Waals surface area contributed by atoms with E-state index in [1.54, 1.807) is 18.2 Å². The highest BCUT2D eigenvalue weighted by Gasteiger charge is 2.27. The molecule has 0 spiro atoms. The molecule has 1 aliphatic heterocycles. The third-order valence-corrected chi connectivity index (χ3v) is 8.11. The molecule has 184 valence electrons. The summed E-state index contributed by atoms with van der Waals surface area (Å²) in [5, 5.41) is 0.564. The van der Waals surface area contributed by atoms with Gasteiger partial charge in [0, 0.05) is 19.6 Å². The first kappa shape index (κ1) is 23.6. The maximum Gasteiger partial charge on any atom is 0.258 e. The number of para-hydroxylation sites is 1. The topological polar surface area (TPSA) is 113 Å². The molecule has 0 unspecified atom stereocenters. The summed E-state index contributed by atoms with van der Waals surface area (Å²) in [4.78, 5) is 26.9. The largest absolute Gasteiger partial charge is 0.379 e. The molecule has 4 aromatic rings. The highest BCUT2D eigenvalue weighted by Crippen LogP contribution is 2.24. The van der Waals surface area contributed by atoms with Crippen molar-refractivity contribution < 1.29 is 13.2 Å². The van der Waals surface area contributed by atoms with Gasteiger partial charge in [0.15, 0.2) is 0 Å². The van der Waals surface area contributed by atoms with Gasteiger partial charge in [0.05, 0.1) is 53.1 Å². The van der Waals surface area contributed by atoms with Crippen LogP contribution in [-0.4, -0.2) is 70.5 Å². The highest BCUT2D eigenvalue weighted by molar-refractivity contribution is 7.89. The van der Waals surface area contributed by atoms with E-state index in [9.17, 15) is 13.2 Å². The monoisotopic (exact) mass is 496 g/mol. The lowest BCUT2D eigenvalue weighted by Gasteiger charge is -2.26. The lowest BCUT2D eigenvalue weighted by Crippen LogP contribution is -2.40. The molecule has 11 heteroatoms. The summed E-state index contributed by atoms with van der Waals surface area (Å²) in [6.45, 7) is 5.18. The summed E-state index contributed by atoms with van der Waals surface area (Å²) >= 11 is 0. The van der Waals surface area contributed by atoms with E-state index in [0.29, 0.717) is 68.2 Å². The molecule has 1 N–H and O–H groups in total. The van der Waals surface area contributed by atoms with E-state index in [1.165, 1.54) is 4.31 Å². The van der Waals surface area contributed by atoms with Crippen molar-refractivity contribution in [2.45, 2.75) is 31.5 Å². The number of benzene rings is 2. The number of aryl methyl sites for hydroxylation is 1. The SMILES string of the molecule is CCn1c(CN(C)Cc2nc3ccccc3c(=O)[nH]2)nc2cc(S(=O)(=O)N3CCOCC3)ccc21. The molecule has 0 aliphatic carbocycles. The molecule has 2 aromatic carbocycles. The number of hydrogen-bond donors (Lipinski definition) is 1. The number of sulfonamides is 1. The molecule has 3 heterocycles. The van der Waals surface area contributed by atoms with Gasteiger partial charge < -0.3 is 14.3 Å². The van der Waals surface area contributed by atoms with Gasteiger partial charge in [0.2, 0.25) is 10.0 Å². The zero-order valence-corrected chi connectivity index (χ0v) is 20.6. The van der Waals surface area contributed by atoms with Crippen LogP contribution in [0, 0.1) is 0 Å². The summed E-state index contributed by atoms with van der Waals surface area (Å²) in [5.74, 6) is 1.39. The van der Waals surface area contributed by atoms with Gasteiger partial charge >= 0.3 is 0 Å². The van der Waals surface area contributed by atoms with Crippen LogP contribution in [-0.2, 0) is 34.4 Å². The number of nitrogens with zero attached hydrogens (tertiary/aromatic N) is 5. The number of fused-ring (bicyclic) bond motifs is 2. The maximum absolute atomic E-state index is 13.1. The van der Waals surface area contributed by atoms with Crippen molar-refractivity contribution in [3.63, 3.8) is 0 Å². The summed E-state index contributed by atoms with van der Waals surface area (Å²) in [5.41, 5.74) is 2.03. The van der Waals surface area contributed by atoms with Crippen LogP contribution in [0.15, 0.2) is 52.2 Å². The predicted octanol–water partition coefficient (Wildman–Crippen LogP) is 1.95. The molecule has 5 rings (SSSR count). The average molecular weight is 497 g/mol. The van der Waals surface area contributed by atoms with Gasteiger partial charge in [0.1, 0.15) is 11.6 Å². The van der Waals surface area contributed by atoms with Gasteiger partial charge in [0.25, 0.3) is 5.56 Å². The number of ether oxygens (including phenoxy) is 1. The zero-order chi connectivity index (χ0) is 24.6. The van der Waals surface area contributed by atoms with Crippen molar-refractivity contribution in [1.29, 1.82) is 0 Å². The number of nitrogens with one attached hydrogen (secondary N) is 1. The molecule has 1 aliphatic rings. The second-order valence-corrected chi connectivity index (χ2v) is 10.6.